The Bertz CT molecular complexity index is 1790. The molecular formula is C40H60N6O8S. The zero-order valence-electron chi connectivity index (χ0n) is 33.9. The molecule has 2 saturated carbocycles. The number of benzene rings is 1. The maximum Gasteiger partial charge on any atom is 0.315 e. The van der Waals surface area contributed by atoms with Crippen molar-refractivity contribution in [3.05, 3.63) is 42.5 Å². The maximum absolute atomic E-state index is 14.5. The molecule has 3 aliphatic rings. The molecule has 304 valence electrons. The summed E-state index contributed by atoms with van der Waals surface area (Å²) in [5.41, 5.74) is -1.29. The lowest BCUT2D eigenvalue weighted by molar-refractivity contribution is -0.145. The van der Waals surface area contributed by atoms with Crippen LogP contribution in [0.1, 0.15) is 91.9 Å². The van der Waals surface area contributed by atoms with Crippen molar-refractivity contribution in [1.82, 2.24) is 30.5 Å². The zero-order valence-corrected chi connectivity index (χ0v) is 34.8. The van der Waals surface area contributed by atoms with Gasteiger partial charge in [-0.2, -0.15) is 4.31 Å². The molecule has 0 spiro atoms. The smallest absolute Gasteiger partial charge is 0.315 e. The van der Waals surface area contributed by atoms with Crippen molar-refractivity contribution in [3.8, 4) is 0 Å². The van der Waals surface area contributed by atoms with Crippen LogP contribution in [0.25, 0.3) is 0 Å². The predicted octanol–water partition coefficient (Wildman–Crippen LogP) is 3.28. The minimum atomic E-state index is -3.99. The fourth-order valence-corrected chi connectivity index (χ4v) is 8.66. The van der Waals surface area contributed by atoms with Crippen molar-refractivity contribution in [2.45, 2.75) is 111 Å². The molecule has 1 unspecified atom stereocenters. The van der Waals surface area contributed by atoms with E-state index in [1.807, 2.05) is 34.6 Å². The number of carbonyl (C=O) groups is 6. The average molecular weight is 785 g/mol. The minimum Gasteiger partial charge on any atom is -0.346 e. The van der Waals surface area contributed by atoms with Crippen LogP contribution in [0.5, 0.6) is 0 Å². The number of nitrogens with zero attached hydrogens (tertiary/aromatic N) is 2. The first-order chi connectivity index (χ1) is 25.3. The zero-order chi connectivity index (χ0) is 41.4. The molecular weight excluding hydrogens is 725 g/mol. The van der Waals surface area contributed by atoms with Gasteiger partial charge in [0.15, 0.2) is 5.78 Å². The Kier molecular flexibility index (Phi) is 12.8. The first-order valence-electron chi connectivity index (χ1n) is 19.0. The van der Waals surface area contributed by atoms with Crippen molar-refractivity contribution in [3.63, 3.8) is 0 Å². The number of hydrogen-bond donors (Lipinski definition) is 4. The molecule has 14 nitrogen and oxygen atoms in total. The molecule has 1 aromatic carbocycles. The first-order valence-corrected chi connectivity index (χ1v) is 20.4. The van der Waals surface area contributed by atoms with E-state index in [1.54, 1.807) is 20.8 Å². The van der Waals surface area contributed by atoms with Crippen molar-refractivity contribution in [1.29, 1.82) is 0 Å². The van der Waals surface area contributed by atoms with Gasteiger partial charge in [-0.3, -0.25) is 24.0 Å². The third-order valence-corrected chi connectivity index (χ3v) is 13.3. The number of hydrogen-bond acceptors (Lipinski definition) is 8. The fourth-order valence-electron chi connectivity index (χ4n) is 7.48. The highest BCUT2D eigenvalue weighted by molar-refractivity contribution is 7.89. The van der Waals surface area contributed by atoms with Gasteiger partial charge in [-0.05, 0) is 59.5 Å². The Morgan fingerprint density at radius 3 is 2.07 bits per heavy atom. The summed E-state index contributed by atoms with van der Waals surface area (Å²) in [6, 6.07) is 1.22. The van der Waals surface area contributed by atoms with Gasteiger partial charge >= 0.3 is 6.03 Å². The first kappa shape index (κ1) is 43.6. The summed E-state index contributed by atoms with van der Waals surface area (Å²) in [6.07, 6.45) is 3.59. The highest BCUT2D eigenvalue weighted by atomic mass is 32.2. The van der Waals surface area contributed by atoms with Crippen LogP contribution in [-0.2, 0) is 29.2 Å². The summed E-state index contributed by atoms with van der Waals surface area (Å²) in [7, 11) is -2.58. The molecule has 1 aliphatic heterocycles. The van der Waals surface area contributed by atoms with E-state index in [0.29, 0.717) is 12.0 Å². The van der Waals surface area contributed by atoms with E-state index in [1.165, 1.54) is 49.2 Å². The minimum absolute atomic E-state index is 0.000112. The molecule has 1 saturated heterocycles. The number of rotatable bonds is 16. The number of amides is 5. The van der Waals surface area contributed by atoms with Gasteiger partial charge in [0.25, 0.3) is 5.91 Å². The van der Waals surface area contributed by atoms with Crippen LogP contribution in [0.2, 0.25) is 0 Å². The molecule has 3 fully saturated rings. The lowest BCUT2D eigenvalue weighted by atomic mass is 9.85. The molecule has 0 aromatic heterocycles. The van der Waals surface area contributed by atoms with Gasteiger partial charge < -0.3 is 26.2 Å². The van der Waals surface area contributed by atoms with E-state index < -0.39 is 74.6 Å². The lowest BCUT2D eigenvalue weighted by Gasteiger charge is -2.39. The molecule has 1 aromatic rings. The molecule has 6 atom stereocenters. The second-order valence-corrected chi connectivity index (χ2v) is 20.2. The molecule has 15 heteroatoms. The average Bonchev–Trinajstić information content (AvgIpc) is 3.94. The largest absolute Gasteiger partial charge is 0.346 e. The van der Waals surface area contributed by atoms with Gasteiger partial charge in [-0.15, -0.1) is 6.58 Å². The van der Waals surface area contributed by atoms with Gasteiger partial charge in [-0.25, -0.2) is 13.2 Å². The van der Waals surface area contributed by atoms with Crippen molar-refractivity contribution < 1.29 is 37.2 Å². The molecule has 4 rings (SSSR count). The van der Waals surface area contributed by atoms with Gasteiger partial charge in [0.05, 0.1) is 10.9 Å². The Morgan fingerprint density at radius 2 is 1.56 bits per heavy atom. The highest BCUT2D eigenvalue weighted by Crippen LogP contribution is 2.65. The number of Topliss-reactive ketones (excluding diaryl/α,β-unsaturated/α-hetero) is 2. The number of carbonyl (C=O) groups excluding carboxylic acids is 6. The third-order valence-electron chi connectivity index (χ3n) is 11.4. The van der Waals surface area contributed by atoms with Gasteiger partial charge in [0.2, 0.25) is 27.6 Å². The number of likely N-dealkylation sites (N-methyl/N-ethyl adjacent to an activating group) is 1. The van der Waals surface area contributed by atoms with Crippen LogP contribution in [0, 0.1) is 34.0 Å². The Balaban J connectivity index is 1.52. The summed E-state index contributed by atoms with van der Waals surface area (Å²) in [4.78, 5) is 81.5. The predicted molar refractivity (Wildman–Crippen MR) is 208 cm³/mol. The molecule has 5 amide bonds. The summed E-state index contributed by atoms with van der Waals surface area (Å²) >= 11 is 0. The van der Waals surface area contributed by atoms with Gasteiger partial charge in [0.1, 0.15) is 12.1 Å². The number of fused-ring (bicyclic) bond motifs is 1. The molecule has 1 heterocycles. The van der Waals surface area contributed by atoms with E-state index in [-0.39, 0.29) is 53.5 Å². The molecule has 2 aliphatic carbocycles. The van der Waals surface area contributed by atoms with E-state index in [4.69, 9.17) is 0 Å². The van der Waals surface area contributed by atoms with Crippen molar-refractivity contribution >= 4 is 45.3 Å². The summed E-state index contributed by atoms with van der Waals surface area (Å²) in [5, 5.41) is 11.1. The monoisotopic (exact) mass is 784 g/mol. The topological polar surface area (TPSA) is 191 Å². The second-order valence-electron chi connectivity index (χ2n) is 18.2. The Morgan fingerprint density at radius 1 is 0.964 bits per heavy atom. The standard InChI is InChI=1S/C40H60N6O8S/c1-12-19-41-35(50)32(48)28(20-24-13-14-24)42-34(49)31-30-27(40(30,9)10)21-46(31)36(51)33(39(6,7)8)44-37(52)43-29(38(3,4)5)22-45(11)55(53,54)26-17-15-25(16-18-26)23(2)47/h12,15-18,24,27-31,33H,1,13-14,19-22H2,2-11H3,(H,41,50)(H,42,49)(H2,43,44,52)/t27-,28?,29+,30-,31-,33+/m0/s1. The van der Waals surface area contributed by atoms with Crippen LogP contribution < -0.4 is 21.3 Å². The van der Waals surface area contributed by atoms with E-state index >= 15 is 0 Å². The maximum atomic E-state index is 14.5. The van der Waals surface area contributed by atoms with E-state index in [2.05, 4.69) is 27.8 Å². The number of likely N-dealkylation sites (tertiary alicyclic amines) is 1. The number of nitrogens with one attached hydrogen (secondary N) is 4. The summed E-state index contributed by atoms with van der Waals surface area (Å²) in [5.74, 6) is -2.64. The van der Waals surface area contributed by atoms with Crippen LogP contribution >= 0.6 is 0 Å². The quantitative estimate of drug-likeness (QED) is 0.112. The molecule has 0 bridgehead atoms. The SMILES string of the molecule is C=CCNC(=O)C(=O)C(CC1CC1)NC(=O)[C@@H]1[C@@H]2[C@H](CN1C(=O)[C@@H](NC(=O)N[C@H](CN(C)S(=O)(=O)c1ccc(C(C)=O)cc1)C(C)(C)C)C(C)(C)C)C2(C)C. The molecule has 4 N–H and O–H groups in total. The normalized spacial score (nSPS) is 22.1. The van der Waals surface area contributed by atoms with Gasteiger partial charge in [-0.1, -0.05) is 86.4 Å². The lowest BCUT2D eigenvalue weighted by Crippen LogP contribution is -2.62. The second kappa shape index (κ2) is 16.2. The summed E-state index contributed by atoms with van der Waals surface area (Å²) in [6.45, 7) is 20.3. The Hall–Kier alpha value is -4.11. The summed E-state index contributed by atoms with van der Waals surface area (Å²) < 4.78 is 28.1. The van der Waals surface area contributed by atoms with Crippen molar-refractivity contribution in [2.24, 2.45) is 34.0 Å². The fraction of sp³-hybridized carbons (Fsp3) is 0.650. The van der Waals surface area contributed by atoms with E-state index in [0.717, 1.165) is 17.1 Å². The van der Waals surface area contributed by atoms with Crippen LogP contribution in [0.4, 0.5) is 4.79 Å². The molecule has 0 radical (unpaired) electrons. The molecule has 55 heavy (non-hydrogen) atoms. The van der Waals surface area contributed by atoms with E-state index in [9.17, 15) is 37.2 Å². The third kappa shape index (κ3) is 10.0. The number of ketones is 2. The highest BCUT2D eigenvalue weighted by Gasteiger charge is 2.70. The van der Waals surface area contributed by atoms with Gasteiger partial charge in [0, 0.05) is 38.3 Å². The number of urea groups is 1. The number of sulfonamides is 1. The van der Waals surface area contributed by atoms with Crippen molar-refractivity contribution in [2.75, 3.05) is 26.7 Å². The van der Waals surface area contributed by atoms with Crippen LogP contribution in [0.3, 0.4) is 0 Å². The number of piperidine rings is 1. The van der Waals surface area contributed by atoms with Crippen LogP contribution in [0.15, 0.2) is 41.8 Å². The van der Waals surface area contributed by atoms with Crippen LogP contribution in [-0.4, -0.2) is 104 Å². The Labute approximate surface area is 326 Å².